The zero-order valence-electron chi connectivity index (χ0n) is 14.0. The monoisotopic (exact) mass is 326 g/mol. The van der Waals surface area contributed by atoms with Crippen LogP contribution in [0.2, 0.25) is 0 Å². The van der Waals surface area contributed by atoms with E-state index in [1.165, 1.54) is 5.56 Å². The zero-order valence-corrected chi connectivity index (χ0v) is 14.0. The topological polar surface area (TPSA) is 80.8 Å². The molecular formula is C17H22N6O. The molecule has 0 aliphatic carbocycles. The van der Waals surface area contributed by atoms with E-state index in [9.17, 15) is 0 Å². The van der Waals surface area contributed by atoms with Gasteiger partial charge in [0.2, 0.25) is 0 Å². The highest BCUT2D eigenvalue weighted by molar-refractivity contribution is 5.27. The fraction of sp³-hybridized carbons (Fsp3) is 0.353. The fourth-order valence-electron chi connectivity index (χ4n) is 2.73. The van der Waals surface area contributed by atoms with Crippen LogP contribution in [0.5, 0.6) is 0 Å². The molecule has 0 bridgehead atoms. The summed E-state index contributed by atoms with van der Waals surface area (Å²) in [5.41, 5.74) is 4.43. The Hall–Kier alpha value is -2.51. The van der Waals surface area contributed by atoms with Gasteiger partial charge in [-0.3, -0.25) is 4.68 Å². The van der Waals surface area contributed by atoms with Crippen LogP contribution in [0.3, 0.4) is 0 Å². The number of aryl methyl sites for hydroxylation is 1. The number of nitrogens with zero attached hydrogens (tertiary/aromatic N) is 5. The molecule has 0 aromatic carbocycles. The maximum atomic E-state index is 9.08. The number of nitrogens with one attached hydrogen (secondary N) is 1. The van der Waals surface area contributed by atoms with Crippen LogP contribution < -0.4 is 5.32 Å². The van der Waals surface area contributed by atoms with E-state index in [0.29, 0.717) is 6.54 Å². The van der Waals surface area contributed by atoms with E-state index in [2.05, 4.69) is 20.5 Å². The average molecular weight is 326 g/mol. The number of aliphatic hydroxyl groups excluding tert-OH is 1. The van der Waals surface area contributed by atoms with Gasteiger partial charge in [0.25, 0.3) is 0 Å². The lowest BCUT2D eigenvalue weighted by atomic mass is 10.2. The minimum atomic E-state index is 0.0993. The van der Waals surface area contributed by atoms with Gasteiger partial charge in [0, 0.05) is 42.9 Å². The quantitative estimate of drug-likeness (QED) is 0.685. The van der Waals surface area contributed by atoms with Gasteiger partial charge in [0.05, 0.1) is 18.8 Å². The molecule has 7 heteroatoms. The maximum Gasteiger partial charge on any atom is 0.153 e. The fourth-order valence-corrected chi connectivity index (χ4v) is 2.73. The normalized spacial score (nSPS) is 11.1. The first kappa shape index (κ1) is 16.4. The molecule has 0 saturated carbocycles. The molecule has 0 aliphatic heterocycles. The highest BCUT2D eigenvalue weighted by Gasteiger charge is 2.10. The summed E-state index contributed by atoms with van der Waals surface area (Å²) in [4.78, 5) is 4.34. The summed E-state index contributed by atoms with van der Waals surface area (Å²) in [6.07, 6.45) is 5.41. The van der Waals surface area contributed by atoms with Crippen molar-refractivity contribution in [2.45, 2.75) is 33.5 Å². The molecule has 0 amide bonds. The zero-order chi connectivity index (χ0) is 16.9. The molecule has 0 aliphatic rings. The van der Waals surface area contributed by atoms with Crippen LogP contribution >= 0.6 is 0 Å². The van der Waals surface area contributed by atoms with E-state index >= 15 is 0 Å². The number of rotatable bonds is 7. The van der Waals surface area contributed by atoms with Gasteiger partial charge in [-0.05, 0) is 37.6 Å². The van der Waals surface area contributed by atoms with Gasteiger partial charge in [-0.1, -0.05) is 0 Å². The first-order valence-corrected chi connectivity index (χ1v) is 7.98. The van der Waals surface area contributed by atoms with Crippen molar-refractivity contribution in [1.82, 2.24) is 29.9 Å². The first-order valence-electron chi connectivity index (χ1n) is 7.98. The van der Waals surface area contributed by atoms with Gasteiger partial charge < -0.3 is 10.4 Å². The van der Waals surface area contributed by atoms with Crippen molar-refractivity contribution in [3.05, 3.63) is 59.3 Å². The number of hydrogen-bond donors (Lipinski definition) is 2. The Kier molecular flexibility index (Phi) is 5.02. The summed E-state index contributed by atoms with van der Waals surface area (Å²) in [5, 5.41) is 21.2. The summed E-state index contributed by atoms with van der Waals surface area (Å²) in [6.45, 7) is 6.14. The van der Waals surface area contributed by atoms with Gasteiger partial charge in [0.1, 0.15) is 0 Å². The molecular weight excluding hydrogens is 304 g/mol. The third kappa shape index (κ3) is 3.52. The Balaban J connectivity index is 1.64. The Labute approximate surface area is 141 Å². The summed E-state index contributed by atoms with van der Waals surface area (Å²) >= 11 is 0. The molecule has 3 heterocycles. The second kappa shape index (κ2) is 7.37. The molecule has 3 aromatic rings. The van der Waals surface area contributed by atoms with Crippen LogP contribution in [-0.4, -0.2) is 36.3 Å². The minimum absolute atomic E-state index is 0.0993. The number of aromatic nitrogens is 5. The first-order chi connectivity index (χ1) is 11.7. The van der Waals surface area contributed by atoms with Crippen LogP contribution in [0.1, 0.15) is 22.5 Å². The minimum Gasteiger partial charge on any atom is -0.394 e. The van der Waals surface area contributed by atoms with Crippen LogP contribution in [-0.2, 0) is 19.6 Å². The van der Waals surface area contributed by atoms with Crippen LogP contribution in [0, 0.1) is 13.8 Å². The molecule has 126 valence electrons. The largest absolute Gasteiger partial charge is 0.394 e. The van der Waals surface area contributed by atoms with Crippen LogP contribution in [0.4, 0.5) is 0 Å². The Bertz CT molecular complexity index is 794. The molecule has 3 aromatic heterocycles. The van der Waals surface area contributed by atoms with Gasteiger partial charge in [-0.25, -0.2) is 9.67 Å². The van der Waals surface area contributed by atoms with Crippen molar-refractivity contribution in [2.75, 3.05) is 6.61 Å². The Morgan fingerprint density at radius 2 is 2.08 bits per heavy atom. The van der Waals surface area contributed by atoms with E-state index in [1.54, 1.807) is 17.1 Å². The van der Waals surface area contributed by atoms with Crippen molar-refractivity contribution in [1.29, 1.82) is 0 Å². The predicted octanol–water partition coefficient (Wildman–Crippen LogP) is 1.36. The van der Waals surface area contributed by atoms with Crippen molar-refractivity contribution < 1.29 is 5.11 Å². The maximum absolute atomic E-state index is 9.08. The molecule has 7 nitrogen and oxygen atoms in total. The molecule has 0 atom stereocenters. The highest BCUT2D eigenvalue weighted by Crippen LogP contribution is 2.13. The van der Waals surface area contributed by atoms with Gasteiger partial charge >= 0.3 is 0 Å². The van der Waals surface area contributed by atoms with Gasteiger partial charge in [-0.15, -0.1) is 0 Å². The molecule has 2 N–H and O–H groups in total. The lowest BCUT2D eigenvalue weighted by Crippen LogP contribution is -2.14. The summed E-state index contributed by atoms with van der Waals surface area (Å²) in [5.74, 6) is 0.808. The third-order valence-corrected chi connectivity index (χ3v) is 4.02. The molecule has 0 unspecified atom stereocenters. The highest BCUT2D eigenvalue weighted by atomic mass is 16.3. The lowest BCUT2D eigenvalue weighted by molar-refractivity contribution is 0.267. The number of aliphatic hydroxyl groups is 1. The van der Waals surface area contributed by atoms with Crippen molar-refractivity contribution in [2.24, 2.45) is 0 Å². The van der Waals surface area contributed by atoms with E-state index in [4.69, 9.17) is 5.11 Å². The van der Waals surface area contributed by atoms with Gasteiger partial charge in [0.15, 0.2) is 5.82 Å². The smallest absolute Gasteiger partial charge is 0.153 e. The molecule has 0 fully saturated rings. The Morgan fingerprint density at radius 1 is 1.21 bits per heavy atom. The predicted molar refractivity (Wildman–Crippen MR) is 90.7 cm³/mol. The molecule has 24 heavy (non-hydrogen) atoms. The molecule has 0 radical (unpaired) electrons. The van der Waals surface area contributed by atoms with E-state index in [0.717, 1.165) is 35.9 Å². The standard InChI is InChI=1S/C17H22N6O/c1-13-16(14(2)22(21-13)8-9-24)12-18-11-15-4-6-19-17(10-15)23-7-3-5-20-23/h3-7,10,18,24H,8-9,11-12H2,1-2H3. The van der Waals surface area contributed by atoms with E-state index < -0.39 is 0 Å². The molecule has 0 spiro atoms. The van der Waals surface area contributed by atoms with Crippen molar-refractivity contribution in [3.8, 4) is 5.82 Å². The summed E-state index contributed by atoms with van der Waals surface area (Å²) < 4.78 is 3.60. The third-order valence-electron chi connectivity index (χ3n) is 4.02. The van der Waals surface area contributed by atoms with Crippen LogP contribution in [0.25, 0.3) is 5.82 Å². The van der Waals surface area contributed by atoms with E-state index in [-0.39, 0.29) is 6.61 Å². The molecule has 3 rings (SSSR count). The van der Waals surface area contributed by atoms with Gasteiger partial charge in [-0.2, -0.15) is 10.2 Å². The SMILES string of the molecule is Cc1nn(CCO)c(C)c1CNCc1ccnc(-n2cccn2)c1. The second-order valence-electron chi connectivity index (χ2n) is 5.67. The summed E-state index contributed by atoms with van der Waals surface area (Å²) in [7, 11) is 0. The lowest BCUT2D eigenvalue weighted by Gasteiger charge is -2.08. The van der Waals surface area contributed by atoms with Crippen LogP contribution in [0.15, 0.2) is 36.8 Å². The van der Waals surface area contributed by atoms with E-state index in [1.807, 2.05) is 42.9 Å². The number of hydrogen-bond acceptors (Lipinski definition) is 5. The average Bonchev–Trinajstić information content (AvgIpc) is 3.20. The molecule has 0 saturated heterocycles. The Morgan fingerprint density at radius 3 is 2.83 bits per heavy atom. The summed E-state index contributed by atoms with van der Waals surface area (Å²) in [6, 6.07) is 5.89. The van der Waals surface area contributed by atoms with Crippen molar-refractivity contribution >= 4 is 0 Å². The second-order valence-corrected chi connectivity index (χ2v) is 5.67. The van der Waals surface area contributed by atoms with Crippen molar-refractivity contribution in [3.63, 3.8) is 0 Å². The number of pyridine rings is 1.